The van der Waals surface area contributed by atoms with E-state index in [2.05, 4.69) is 32.9 Å². The highest BCUT2D eigenvalue weighted by Gasteiger charge is 2.13. The van der Waals surface area contributed by atoms with Crippen molar-refractivity contribution in [1.82, 2.24) is 0 Å². The lowest BCUT2D eigenvalue weighted by atomic mass is 10.1. The molecule has 0 saturated carbocycles. The highest BCUT2D eigenvalue weighted by atomic mass is 16.7. The zero-order chi connectivity index (χ0) is 32.7. The zero-order valence-electron chi connectivity index (χ0n) is 30.6. The number of hydrogen-bond acceptors (Lipinski definition) is 5. The number of carbonyl (C=O) groups is 1. The second-order valence-electron chi connectivity index (χ2n) is 13.0. The standard InChI is InChI=1S/C40H78O5/c1-4-7-10-13-16-17-18-19-20-21-22-23-24-25-28-34-42-35-31-38-43-39(41)32-33-40(44-36-29-26-14-11-8-5-2)45-37-30-27-15-12-9-6-3/h19-20,40H,4-18,21-38H2,1-3H3/b20-19-. The maximum absolute atomic E-state index is 12.3. The summed E-state index contributed by atoms with van der Waals surface area (Å²) in [6.45, 7) is 10.1. The number of hydrogen-bond donors (Lipinski definition) is 0. The van der Waals surface area contributed by atoms with E-state index in [1.165, 1.54) is 141 Å². The second-order valence-corrected chi connectivity index (χ2v) is 13.0. The van der Waals surface area contributed by atoms with Gasteiger partial charge in [0.15, 0.2) is 6.29 Å². The van der Waals surface area contributed by atoms with E-state index in [1.807, 2.05) is 0 Å². The summed E-state index contributed by atoms with van der Waals surface area (Å²) in [7, 11) is 0. The molecule has 0 heterocycles. The first-order valence-electron chi connectivity index (χ1n) is 19.9. The molecule has 0 bridgehead atoms. The molecule has 0 atom stereocenters. The Hall–Kier alpha value is -0.910. The molecule has 0 amide bonds. The first-order valence-corrected chi connectivity index (χ1v) is 19.9. The summed E-state index contributed by atoms with van der Waals surface area (Å²) < 4.78 is 23.3. The summed E-state index contributed by atoms with van der Waals surface area (Å²) in [4.78, 5) is 12.3. The van der Waals surface area contributed by atoms with Gasteiger partial charge in [0, 0.05) is 39.3 Å². The van der Waals surface area contributed by atoms with Crippen LogP contribution in [0.5, 0.6) is 0 Å². The number of allylic oxidation sites excluding steroid dienone is 2. The Balaban J connectivity index is 3.74. The fourth-order valence-electron chi connectivity index (χ4n) is 5.44. The largest absolute Gasteiger partial charge is 0.466 e. The van der Waals surface area contributed by atoms with Gasteiger partial charge < -0.3 is 18.9 Å². The van der Waals surface area contributed by atoms with Crippen LogP contribution in [0.15, 0.2) is 12.2 Å². The Morgan fingerprint density at radius 3 is 1.36 bits per heavy atom. The molecule has 0 rings (SSSR count). The van der Waals surface area contributed by atoms with Crippen molar-refractivity contribution in [1.29, 1.82) is 0 Å². The van der Waals surface area contributed by atoms with Crippen LogP contribution < -0.4 is 0 Å². The topological polar surface area (TPSA) is 54.0 Å². The average Bonchev–Trinajstić information content (AvgIpc) is 3.05. The van der Waals surface area contributed by atoms with Crippen LogP contribution in [0.3, 0.4) is 0 Å². The van der Waals surface area contributed by atoms with Gasteiger partial charge in [-0.1, -0.05) is 148 Å². The van der Waals surface area contributed by atoms with Crippen LogP contribution in [-0.2, 0) is 23.7 Å². The van der Waals surface area contributed by atoms with Gasteiger partial charge in [0.25, 0.3) is 0 Å². The lowest BCUT2D eigenvalue weighted by molar-refractivity contribution is -0.159. The molecule has 0 aliphatic heterocycles. The highest BCUT2D eigenvalue weighted by Crippen LogP contribution is 2.13. The zero-order valence-corrected chi connectivity index (χ0v) is 30.6. The lowest BCUT2D eigenvalue weighted by Crippen LogP contribution is -2.21. The summed E-state index contributed by atoms with van der Waals surface area (Å²) in [5, 5.41) is 0. The second kappa shape index (κ2) is 39.3. The van der Waals surface area contributed by atoms with Crippen molar-refractivity contribution >= 4 is 5.97 Å². The third-order valence-corrected chi connectivity index (χ3v) is 8.43. The normalized spacial score (nSPS) is 11.7. The van der Waals surface area contributed by atoms with E-state index in [1.54, 1.807) is 0 Å². The molecule has 0 spiro atoms. The Morgan fingerprint density at radius 2 is 0.867 bits per heavy atom. The molecule has 0 aromatic carbocycles. The van der Waals surface area contributed by atoms with Gasteiger partial charge in [-0.05, 0) is 44.9 Å². The van der Waals surface area contributed by atoms with Crippen molar-refractivity contribution in [2.45, 2.75) is 207 Å². The summed E-state index contributed by atoms with van der Waals surface area (Å²) in [5.74, 6) is -0.163. The lowest BCUT2D eigenvalue weighted by Gasteiger charge is -2.18. The number of unbranched alkanes of at least 4 members (excludes halogenated alkanes) is 21. The van der Waals surface area contributed by atoms with E-state index < -0.39 is 0 Å². The summed E-state index contributed by atoms with van der Waals surface area (Å²) in [6, 6.07) is 0. The van der Waals surface area contributed by atoms with Gasteiger partial charge in [0.2, 0.25) is 0 Å². The number of carbonyl (C=O) groups excluding carboxylic acids is 1. The fourth-order valence-corrected chi connectivity index (χ4v) is 5.44. The average molecular weight is 639 g/mol. The SMILES string of the molecule is CCCCCCCC/C=C\CCCCCCCOCCCOC(=O)CCC(OCCCCCCCC)OCCCCCCCC. The van der Waals surface area contributed by atoms with Crippen LogP contribution in [-0.4, -0.2) is 45.3 Å². The molecule has 0 aromatic heterocycles. The summed E-state index contributed by atoms with van der Waals surface area (Å²) in [6.07, 6.45) is 38.0. The van der Waals surface area contributed by atoms with Crippen molar-refractivity contribution in [2.24, 2.45) is 0 Å². The van der Waals surface area contributed by atoms with Crippen LogP contribution in [0.2, 0.25) is 0 Å². The molecule has 0 fully saturated rings. The van der Waals surface area contributed by atoms with Crippen molar-refractivity contribution in [2.75, 3.05) is 33.0 Å². The van der Waals surface area contributed by atoms with Crippen molar-refractivity contribution < 1.29 is 23.7 Å². The minimum Gasteiger partial charge on any atom is -0.466 e. The van der Waals surface area contributed by atoms with E-state index in [-0.39, 0.29) is 12.3 Å². The van der Waals surface area contributed by atoms with Crippen LogP contribution >= 0.6 is 0 Å². The highest BCUT2D eigenvalue weighted by molar-refractivity contribution is 5.69. The molecule has 0 aliphatic rings. The molecular formula is C40H78O5. The van der Waals surface area contributed by atoms with Gasteiger partial charge in [-0.3, -0.25) is 4.79 Å². The summed E-state index contributed by atoms with van der Waals surface area (Å²) >= 11 is 0. The molecule has 0 aromatic rings. The predicted octanol–water partition coefficient (Wildman–Crippen LogP) is 12.4. The van der Waals surface area contributed by atoms with Gasteiger partial charge in [-0.15, -0.1) is 0 Å². The van der Waals surface area contributed by atoms with Gasteiger partial charge >= 0.3 is 5.97 Å². The predicted molar refractivity (Wildman–Crippen MR) is 193 cm³/mol. The van der Waals surface area contributed by atoms with E-state index in [0.717, 1.165) is 32.3 Å². The Labute approximate surface area is 281 Å². The Kier molecular flexibility index (Phi) is 38.5. The molecule has 0 saturated heterocycles. The van der Waals surface area contributed by atoms with Gasteiger partial charge in [-0.2, -0.15) is 0 Å². The molecule has 5 heteroatoms. The maximum Gasteiger partial charge on any atom is 0.305 e. The first kappa shape index (κ1) is 44.1. The molecule has 5 nitrogen and oxygen atoms in total. The van der Waals surface area contributed by atoms with Crippen LogP contribution in [0.25, 0.3) is 0 Å². The quantitative estimate of drug-likeness (QED) is 0.0291. The van der Waals surface area contributed by atoms with Crippen molar-refractivity contribution in [3.05, 3.63) is 12.2 Å². The van der Waals surface area contributed by atoms with Gasteiger partial charge in [0.1, 0.15) is 0 Å². The van der Waals surface area contributed by atoms with Crippen LogP contribution in [0.4, 0.5) is 0 Å². The number of esters is 1. The Bertz CT molecular complexity index is 575. The van der Waals surface area contributed by atoms with Crippen LogP contribution in [0.1, 0.15) is 201 Å². The van der Waals surface area contributed by atoms with E-state index >= 15 is 0 Å². The summed E-state index contributed by atoms with van der Waals surface area (Å²) in [5.41, 5.74) is 0. The van der Waals surface area contributed by atoms with Crippen LogP contribution in [0, 0.1) is 0 Å². The minimum atomic E-state index is -0.307. The van der Waals surface area contributed by atoms with E-state index in [4.69, 9.17) is 18.9 Å². The van der Waals surface area contributed by atoms with Crippen molar-refractivity contribution in [3.63, 3.8) is 0 Å². The third kappa shape index (κ3) is 37.4. The number of ether oxygens (including phenoxy) is 4. The molecule has 45 heavy (non-hydrogen) atoms. The van der Waals surface area contributed by atoms with E-state index in [0.29, 0.717) is 39.3 Å². The molecule has 0 N–H and O–H groups in total. The third-order valence-electron chi connectivity index (χ3n) is 8.43. The first-order chi connectivity index (χ1) is 22.2. The minimum absolute atomic E-state index is 0.163. The fraction of sp³-hybridized carbons (Fsp3) is 0.925. The van der Waals surface area contributed by atoms with Gasteiger partial charge in [-0.25, -0.2) is 0 Å². The molecule has 268 valence electrons. The molecule has 0 aliphatic carbocycles. The maximum atomic E-state index is 12.3. The smallest absolute Gasteiger partial charge is 0.305 e. The monoisotopic (exact) mass is 639 g/mol. The Morgan fingerprint density at radius 1 is 0.467 bits per heavy atom. The molecule has 0 radical (unpaired) electrons. The number of rotatable bonds is 38. The molecule has 0 unspecified atom stereocenters. The van der Waals surface area contributed by atoms with E-state index in [9.17, 15) is 4.79 Å². The molecular weight excluding hydrogens is 560 g/mol. The van der Waals surface area contributed by atoms with Gasteiger partial charge in [0.05, 0.1) is 13.0 Å². The van der Waals surface area contributed by atoms with Crippen molar-refractivity contribution in [3.8, 4) is 0 Å².